The van der Waals surface area contributed by atoms with E-state index in [1.165, 1.54) is 33.1 Å². The lowest BCUT2D eigenvalue weighted by Crippen LogP contribution is -2.24. The van der Waals surface area contributed by atoms with Crippen molar-refractivity contribution in [1.82, 2.24) is 0 Å². The van der Waals surface area contributed by atoms with Gasteiger partial charge in [-0.05, 0) is 55.0 Å². The van der Waals surface area contributed by atoms with E-state index in [0.29, 0.717) is 45.6 Å². The van der Waals surface area contributed by atoms with E-state index in [1.807, 2.05) is 25.1 Å². The zero-order valence-corrected chi connectivity index (χ0v) is 21.5. The standard InChI is InChI=1S/C26H27ClN2O5S/c1-5-23(25(30)29-19-14-16(27)12-13-20(19)32-2)35-18-9-6-8-17(15-18)28-26(31)24-21(33-3)10-7-11-22(24)34-4/h6-15,23H,5H2,1-4H3,(H,28,31)(H,29,30). The van der Waals surface area contributed by atoms with E-state index in [9.17, 15) is 9.59 Å². The Hall–Kier alpha value is -3.36. The Kier molecular flexibility index (Phi) is 9.28. The lowest BCUT2D eigenvalue weighted by molar-refractivity contribution is -0.115. The zero-order valence-electron chi connectivity index (χ0n) is 19.9. The van der Waals surface area contributed by atoms with Gasteiger partial charge in [0, 0.05) is 15.6 Å². The van der Waals surface area contributed by atoms with E-state index in [2.05, 4.69) is 10.6 Å². The van der Waals surface area contributed by atoms with Crippen LogP contribution in [-0.4, -0.2) is 38.4 Å². The van der Waals surface area contributed by atoms with Crippen LogP contribution in [0.2, 0.25) is 5.02 Å². The van der Waals surface area contributed by atoms with E-state index in [4.69, 9.17) is 25.8 Å². The van der Waals surface area contributed by atoms with Gasteiger partial charge in [0.1, 0.15) is 22.8 Å². The zero-order chi connectivity index (χ0) is 25.4. The van der Waals surface area contributed by atoms with Gasteiger partial charge in [0.2, 0.25) is 5.91 Å². The Bertz CT molecular complexity index is 1180. The summed E-state index contributed by atoms with van der Waals surface area (Å²) < 4.78 is 16.0. The number of nitrogens with one attached hydrogen (secondary N) is 2. The van der Waals surface area contributed by atoms with Crippen molar-refractivity contribution in [2.75, 3.05) is 32.0 Å². The van der Waals surface area contributed by atoms with E-state index < -0.39 is 0 Å². The molecule has 3 aromatic rings. The Morgan fingerprint density at radius 1 is 0.886 bits per heavy atom. The molecule has 0 spiro atoms. The van der Waals surface area contributed by atoms with Crippen molar-refractivity contribution in [3.63, 3.8) is 0 Å². The van der Waals surface area contributed by atoms with Crippen molar-refractivity contribution >= 4 is 46.6 Å². The van der Waals surface area contributed by atoms with Crippen LogP contribution >= 0.6 is 23.4 Å². The fraction of sp³-hybridized carbons (Fsp3) is 0.231. The van der Waals surface area contributed by atoms with Gasteiger partial charge < -0.3 is 24.8 Å². The predicted molar refractivity (Wildman–Crippen MR) is 141 cm³/mol. The fourth-order valence-electron chi connectivity index (χ4n) is 3.39. The molecular weight excluding hydrogens is 488 g/mol. The number of methoxy groups -OCH3 is 3. The number of anilines is 2. The number of halogens is 1. The summed E-state index contributed by atoms with van der Waals surface area (Å²) in [5, 5.41) is 5.91. The van der Waals surface area contributed by atoms with Gasteiger partial charge in [0.25, 0.3) is 5.91 Å². The third-order valence-corrected chi connectivity index (χ3v) is 6.70. The average molecular weight is 515 g/mol. The van der Waals surface area contributed by atoms with E-state index in [-0.39, 0.29) is 17.1 Å². The summed E-state index contributed by atoms with van der Waals surface area (Å²) >= 11 is 7.48. The molecule has 2 N–H and O–H groups in total. The molecule has 1 atom stereocenters. The number of ether oxygens (including phenoxy) is 3. The Morgan fingerprint density at radius 2 is 1.54 bits per heavy atom. The molecule has 0 heterocycles. The van der Waals surface area contributed by atoms with Gasteiger partial charge in [-0.2, -0.15) is 0 Å². The average Bonchev–Trinajstić information content (AvgIpc) is 2.86. The smallest absolute Gasteiger partial charge is 0.263 e. The molecule has 0 aliphatic carbocycles. The highest BCUT2D eigenvalue weighted by molar-refractivity contribution is 8.00. The molecule has 1 unspecified atom stereocenters. The molecule has 0 aliphatic rings. The topological polar surface area (TPSA) is 85.9 Å². The summed E-state index contributed by atoms with van der Waals surface area (Å²) in [6.45, 7) is 1.94. The molecular formula is C26H27ClN2O5S. The fourth-order valence-corrected chi connectivity index (χ4v) is 4.58. The number of hydrogen-bond acceptors (Lipinski definition) is 6. The maximum atomic E-state index is 13.0. The minimum absolute atomic E-state index is 0.175. The first kappa shape index (κ1) is 26.2. The SMILES string of the molecule is CCC(Sc1cccc(NC(=O)c2c(OC)cccc2OC)c1)C(=O)Nc1cc(Cl)ccc1OC. The Balaban J connectivity index is 1.75. The molecule has 35 heavy (non-hydrogen) atoms. The highest BCUT2D eigenvalue weighted by atomic mass is 35.5. The van der Waals surface area contributed by atoms with Crippen molar-refractivity contribution in [3.05, 3.63) is 71.2 Å². The molecule has 184 valence electrons. The molecule has 3 rings (SSSR count). The highest BCUT2D eigenvalue weighted by Gasteiger charge is 2.21. The Morgan fingerprint density at radius 3 is 2.17 bits per heavy atom. The number of carbonyl (C=O) groups excluding carboxylic acids is 2. The third kappa shape index (κ3) is 6.61. The van der Waals surface area contributed by atoms with Crippen LogP contribution in [0.4, 0.5) is 11.4 Å². The summed E-state index contributed by atoms with van der Waals surface area (Å²) in [4.78, 5) is 26.8. The van der Waals surface area contributed by atoms with Crippen LogP contribution in [0.5, 0.6) is 17.2 Å². The van der Waals surface area contributed by atoms with Crippen LogP contribution in [-0.2, 0) is 4.79 Å². The van der Waals surface area contributed by atoms with Crippen LogP contribution < -0.4 is 24.8 Å². The molecule has 0 bridgehead atoms. The molecule has 0 aromatic heterocycles. The van der Waals surface area contributed by atoms with Gasteiger partial charge in [0.15, 0.2) is 0 Å². The minimum Gasteiger partial charge on any atom is -0.496 e. The first-order chi connectivity index (χ1) is 16.9. The Labute approximate surface area is 214 Å². The van der Waals surface area contributed by atoms with E-state index in [1.54, 1.807) is 42.5 Å². The molecule has 9 heteroatoms. The monoisotopic (exact) mass is 514 g/mol. The minimum atomic E-state index is -0.376. The first-order valence-electron chi connectivity index (χ1n) is 10.8. The van der Waals surface area contributed by atoms with Gasteiger partial charge in [-0.1, -0.05) is 30.7 Å². The van der Waals surface area contributed by atoms with Gasteiger partial charge >= 0.3 is 0 Å². The molecule has 0 fully saturated rings. The van der Waals surface area contributed by atoms with Crippen LogP contribution in [0.25, 0.3) is 0 Å². The van der Waals surface area contributed by atoms with Crippen LogP contribution in [0.15, 0.2) is 65.6 Å². The number of benzene rings is 3. The molecule has 0 aliphatic heterocycles. The number of thioether (sulfide) groups is 1. The molecule has 0 saturated carbocycles. The second-order valence-corrected chi connectivity index (χ2v) is 9.08. The number of amides is 2. The predicted octanol–water partition coefficient (Wildman–Crippen LogP) is 6.13. The summed E-state index contributed by atoms with van der Waals surface area (Å²) in [6, 6.07) is 17.5. The second kappa shape index (κ2) is 12.4. The summed E-state index contributed by atoms with van der Waals surface area (Å²) in [6.07, 6.45) is 0.592. The largest absolute Gasteiger partial charge is 0.496 e. The van der Waals surface area contributed by atoms with Crippen LogP contribution in [0.3, 0.4) is 0 Å². The van der Waals surface area contributed by atoms with Crippen LogP contribution in [0, 0.1) is 0 Å². The van der Waals surface area contributed by atoms with Crippen molar-refractivity contribution < 1.29 is 23.8 Å². The van der Waals surface area contributed by atoms with Crippen molar-refractivity contribution in [1.29, 1.82) is 0 Å². The maximum absolute atomic E-state index is 13.0. The molecule has 2 amide bonds. The van der Waals surface area contributed by atoms with Gasteiger partial charge in [-0.3, -0.25) is 9.59 Å². The number of rotatable bonds is 10. The molecule has 0 saturated heterocycles. The number of hydrogen-bond donors (Lipinski definition) is 2. The first-order valence-corrected chi connectivity index (χ1v) is 12.1. The summed E-state index contributed by atoms with van der Waals surface area (Å²) in [5.74, 6) is 0.808. The molecule has 0 radical (unpaired) electrons. The number of carbonyl (C=O) groups is 2. The normalized spacial score (nSPS) is 11.3. The molecule has 3 aromatic carbocycles. The van der Waals surface area contributed by atoms with Gasteiger partial charge in [-0.25, -0.2) is 0 Å². The van der Waals surface area contributed by atoms with Crippen molar-refractivity contribution in [2.45, 2.75) is 23.5 Å². The summed E-state index contributed by atoms with van der Waals surface area (Å²) in [7, 11) is 4.53. The van der Waals surface area contributed by atoms with E-state index in [0.717, 1.165) is 4.90 Å². The summed E-state index contributed by atoms with van der Waals surface area (Å²) in [5.41, 5.74) is 1.40. The maximum Gasteiger partial charge on any atom is 0.263 e. The van der Waals surface area contributed by atoms with E-state index >= 15 is 0 Å². The third-order valence-electron chi connectivity index (χ3n) is 5.11. The van der Waals surface area contributed by atoms with Crippen molar-refractivity contribution in [2.24, 2.45) is 0 Å². The van der Waals surface area contributed by atoms with Gasteiger partial charge in [-0.15, -0.1) is 11.8 Å². The van der Waals surface area contributed by atoms with Crippen LogP contribution in [0.1, 0.15) is 23.7 Å². The highest BCUT2D eigenvalue weighted by Crippen LogP contribution is 2.33. The second-order valence-electron chi connectivity index (χ2n) is 7.37. The lowest BCUT2D eigenvalue weighted by Gasteiger charge is -2.17. The lowest BCUT2D eigenvalue weighted by atomic mass is 10.1. The quantitative estimate of drug-likeness (QED) is 0.317. The van der Waals surface area contributed by atoms with Crippen molar-refractivity contribution in [3.8, 4) is 17.2 Å². The molecule has 7 nitrogen and oxygen atoms in total. The van der Waals surface area contributed by atoms with Gasteiger partial charge in [0.05, 0.1) is 32.3 Å².